The summed E-state index contributed by atoms with van der Waals surface area (Å²) >= 11 is 2.47. The number of hydrogen-bond donors (Lipinski definition) is 2. The van der Waals surface area contributed by atoms with Crippen molar-refractivity contribution in [2.75, 3.05) is 24.8 Å². The molecule has 4 aromatic rings. The number of esters is 1. The van der Waals surface area contributed by atoms with Crippen molar-refractivity contribution in [3.05, 3.63) is 86.6 Å². The molecular weight excluding hydrogens is 538 g/mol. The van der Waals surface area contributed by atoms with Crippen molar-refractivity contribution < 1.29 is 28.3 Å². The molecule has 0 radical (unpaired) electrons. The van der Waals surface area contributed by atoms with Crippen LogP contribution in [0.2, 0.25) is 0 Å². The molecule has 39 heavy (non-hydrogen) atoms. The van der Waals surface area contributed by atoms with Crippen molar-refractivity contribution in [2.45, 2.75) is 37.1 Å². The molecule has 1 amide bonds. The van der Waals surface area contributed by atoms with E-state index in [1.165, 1.54) is 21.6 Å². The van der Waals surface area contributed by atoms with Crippen LogP contribution in [-0.2, 0) is 22.4 Å². The first kappa shape index (κ1) is 26.8. The number of fused-ring (bicyclic) bond motifs is 1. The lowest BCUT2D eigenvalue weighted by Crippen LogP contribution is -2.36. The number of carbonyl (C=O) groups excluding carboxylic acids is 2. The Kier molecular flexibility index (Phi) is 8.18. The van der Waals surface area contributed by atoms with Gasteiger partial charge in [-0.25, -0.2) is 9.59 Å². The SMILES string of the molecule is CCOC(=O)c1c(NC(=O)CSc2c(=O)o[nH][n+]2-c2ccc(OC)cc2)sc2c1CCC(c1ccccc1)C2. The number of rotatable bonds is 9. The molecule has 11 heteroatoms. The minimum Gasteiger partial charge on any atom is -0.497 e. The molecule has 1 unspecified atom stereocenters. The van der Waals surface area contributed by atoms with E-state index in [2.05, 4.69) is 22.7 Å². The summed E-state index contributed by atoms with van der Waals surface area (Å²) in [6.45, 7) is 2.01. The molecule has 0 bridgehead atoms. The van der Waals surface area contributed by atoms with Gasteiger partial charge in [-0.15, -0.1) is 11.3 Å². The molecule has 0 saturated carbocycles. The van der Waals surface area contributed by atoms with Crippen LogP contribution in [0.4, 0.5) is 5.00 Å². The normalized spacial score (nSPS) is 14.5. The largest absolute Gasteiger partial charge is 0.497 e. The second-order valence-electron chi connectivity index (χ2n) is 8.94. The molecule has 1 atom stereocenters. The summed E-state index contributed by atoms with van der Waals surface area (Å²) in [7, 11) is 1.57. The number of thiophene rings is 1. The molecule has 2 aromatic heterocycles. The van der Waals surface area contributed by atoms with E-state index < -0.39 is 11.6 Å². The van der Waals surface area contributed by atoms with Crippen molar-refractivity contribution in [1.82, 2.24) is 5.27 Å². The lowest BCUT2D eigenvalue weighted by molar-refractivity contribution is -0.704. The van der Waals surface area contributed by atoms with Crippen molar-refractivity contribution in [3.63, 3.8) is 0 Å². The highest BCUT2D eigenvalue weighted by molar-refractivity contribution is 7.99. The number of hydrogen-bond acceptors (Lipinski definition) is 8. The standard InChI is InChI=1S/C28H27N3O6S2/c1-3-36-27(33)24-21-14-9-18(17-7-5-4-6-8-17)15-22(21)39-25(24)29-23(32)16-38-26-28(34)37-30-31(26)19-10-12-20(35-2)13-11-19/h4-8,10-13,18H,3,9,14-16H2,1-2H3,(H-,29,30,32,33,34)/p+1. The molecule has 5 rings (SSSR count). The molecule has 1 aliphatic rings. The van der Waals surface area contributed by atoms with Gasteiger partial charge in [0.25, 0.3) is 0 Å². The number of aromatic amines is 1. The lowest BCUT2D eigenvalue weighted by atomic mass is 9.83. The maximum absolute atomic E-state index is 13.0. The van der Waals surface area contributed by atoms with Crippen LogP contribution >= 0.6 is 23.1 Å². The summed E-state index contributed by atoms with van der Waals surface area (Å²) in [6.07, 6.45) is 2.45. The number of thioether (sulfide) groups is 1. The summed E-state index contributed by atoms with van der Waals surface area (Å²) in [5, 5.41) is 6.18. The van der Waals surface area contributed by atoms with Gasteiger partial charge in [0, 0.05) is 17.0 Å². The van der Waals surface area contributed by atoms with E-state index in [9.17, 15) is 14.4 Å². The fourth-order valence-electron chi connectivity index (χ4n) is 4.69. The molecule has 2 N–H and O–H groups in total. The first-order valence-corrected chi connectivity index (χ1v) is 14.4. The number of nitrogens with zero attached hydrogens (tertiary/aromatic N) is 1. The smallest absolute Gasteiger partial charge is 0.442 e. The second kappa shape index (κ2) is 11.9. The number of amides is 1. The van der Waals surface area contributed by atoms with E-state index in [1.54, 1.807) is 38.3 Å². The van der Waals surface area contributed by atoms with E-state index in [0.29, 0.717) is 27.9 Å². The fourth-order valence-corrected chi connectivity index (χ4v) is 6.79. The van der Waals surface area contributed by atoms with Crippen LogP contribution in [0.5, 0.6) is 5.75 Å². The van der Waals surface area contributed by atoms with E-state index in [1.807, 2.05) is 18.2 Å². The Morgan fingerprint density at radius 3 is 2.67 bits per heavy atom. The highest BCUT2D eigenvalue weighted by Crippen LogP contribution is 2.42. The third kappa shape index (κ3) is 5.79. The Morgan fingerprint density at radius 2 is 1.95 bits per heavy atom. The summed E-state index contributed by atoms with van der Waals surface area (Å²) in [5.74, 6) is 0.193. The van der Waals surface area contributed by atoms with E-state index >= 15 is 0 Å². The van der Waals surface area contributed by atoms with Crippen LogP contribution in [0.15, 0.2) is 68.9 Å². The van der Waals surface area contributed by atoms with E-state index in [0.717, 1.165) is 41.5 Å². The van der Waals surface area contributed by atoms with Crippen LogP contribution in [0.25, 0.3) is 5.69 Å². The number of nitrogens with one attached hydrogen (secondary N) is 2. The Morgan fingerprint density at radius 1 is 1.18 bits per heavy atom. The zero-order valence-electron chi connectivity index (χ0n) is 21.5. The molecule has 0 spiro atoms. The van der Waals surface area contributed by atoms with Crippen LogP contribution in [0, 0.1) is 0 Å². The van der Waals surface area contributed by atoms with Crippen LogP contribution in [0.3, 0.4) is 0 Å². The predicted molar refractivity (Wildman–Crippen MR) is 148 cm³/mol. The number of benzene rings is 2. The zero-order chi connectivity index (χ0) is 27.4. The first-order valence-electron chi connectivity index (χ1n) is 12.6. The minimum atomic E-state index is -0.589. The van der Waals surface area contributed by atoms with Gasteiger partial charge in [-0.1, -0.05) is 30.3 Å². The minimum absolute atomic E-state index is 0.0593. The van der Waals surface area contributed by atoms with Crippen molar-refractivity contribution in [1.29, 1.82) is 0 Å². The molecule has 0 fully saturated rings. The Balaban J connectivity index is 1.33. The third-order valence-corrected chi connectivity index (χ3v) is 8.75. The average Bonchev–Trinajstić information content (AvgIpc) is 3.51. The van der Waals surface area contributed by atoms with E-state index in [-0.39, 0.29) is 23.3 Å². The summed E-state index contributed by atoms with van der Waals surface area (Å²) in [5.41, 5.74) is 2.72. The highest BCUT2D eigenvalue weighted by atomic mass is 32.2. The molecule has 2 aromatic carbocycles. The van der Waals surface area contributed by atoms with Crippen LogP contribution < -0.4 is 20.4 Å². The molecule has 1 aliphatic carbocycles. The summed E-state index contributed by atoms with van der Waals surface area (Å²) < 4.78 is 17.0. The lowest BCUT2D eigenvalue weighted by Gasteiger charge is -2.23. The van der Waals surface area contributed by atoms with Gasteiger partial charge in [0.2, 0.25) is 11.6 Å². The fraction of sp³-hybridized carbons (Fsp3) is 0.286. The number of carbonyl (C=O) groups is 2. The van der Waals surface area contributed by atoms with Crippen molar-refractivity contribution in [3.8, 4) is 11.4 Å². The maximum atomic E-state index is 13.0. The van der Waals surface area contributed by atoms with Crippen molar-refractivity contribution >= 4 is 40.0 Å². The molecule has 9 nitrogen and oxygen atoms in total. The van der Waals surface area contributed by atoms with Gasteiger partial charge in [-0.3, -0.25) is 9.32 Å². The van der Waals surface area contributed by atoms with Crippen molar-refractivity contribution in [2.24, 2.45) is 0 Å². The molecule has 2 heterocycles. The monoisotopic (exact) mass is 566 g/mol. The van der Waals surface area contributed by atoms with Gasteiger partial charge in [0.15, 0.2) is 0 Å². The third-order valence-electron chi connectivity index (χ3n) is 6.55. The van der Waals surface area contributed by atoms with E-state index in [4.69, 9.17) is 14.0 Å². The second-order valence-corrected chi connectivity index (χ2v) is 11.0. The van der Waals surface area contributed by atoms with Gasteiger partial charge in [0.1, 0.15) is 10.8 Å². The molecule has 0 aliphatic heterocycles. The number of ether oxygens (including phenoxy) is 2. The number of methoxy groups -OCH3 is 1. The van der Waals surface area contributed by atoms with Gasteiger partial charge < -0.3 is 14.8 Å². The Labute approximate surface area is 233 Å². The number of anilines is 1. The van der Waals surface area contributed by atoms with Crippen LogP contribution in [-0.4, -0.2) is 36.6 Å². The summed E-state index contributed by atoms with van der Waals surface area (Å²) in [4.78, 5) is 39.4. The van der Waals surface area contributed by atoms with Gasteiger partial charge in [-0.05, 0) is 77.1 Å². The maximum Gasteiger partial charge on any atom is 0.442 e. The molecular formula is C28H28N3O6S2+. The zero-order valence-corrected chi connectivity index (χ0v) is 23.2. The Hall–Kier alpha value is -3.83. The topological polar surface area (TPSA) is 115 Å². The highest BCUT2D eigenvalue weighted by Gasteiger charge is 2.31. The van der Waals surface area contributed by atoms with Gasteiger partial charge in [0.05, 0.1) is 25.0 Å². The number of H-pyrrole nitrogens is 1. The molecule has 0 saturated heterocycles. The number of aromatic nitrogens is 2. The quantitative estimate of drug-likeness (QED) is 0.174. The average molecular weight is 567 g/mol. The Bertz CT molecular complexity index is 1530. The predicted octanol–water partition coefficient (Wildman–Crippen LogP) is 4.49. The van der Waals surface area contributed by atoms with Crippen LogP contribution in [0.1, 0.15) is 45.6 Å². The summed E-state index contributed by atoms with van der Waals surface area (Å²) in [6, 6.07) is 17.4. The van der Waals surface area contributed by atoms with Gasteiger partial charge >= 0.3 is 16.6 Å². The first-order chi connectivity index (χ1) is 19.0. The van der Waals surface area contributed by atoms with Gasteiger partial charge in [-0.2, -0.15) is 0 Å². The molecule has 202 valence electrons.